The summed E-state index contributed by atoms with van der Waals surface area (Å²) in [5.41, 5.74) is 9.18. The van der Waals surface area contributed by atoms with Crippen LogP contribution in [0.5, 0.6) is 0 Å². The summed E-state index contributed by atoms with van der Waals surface area (Å²) in [4.78, 5) is 23.5. The summed E-state index contributed by atoms with van der Waals surface area (Å²) in [5, 5.41) is 13.5. The van der Waals surface area contributed by atoms with Crippen molar-refractivity contribution in [2.24, 2.45) is 15.7 Å². The van der Waals surface area contributed by atoms with Gasteiger partial charge in [-0.25, -0.2) is 4.99 Å². The summed E-state index contributed by atoms with van der Waals surface area (Å²) >= 11 is 0. The average Bonchev–Trinajstić information content (AvgIpc) is 3.63. The molecule has 1 aliphatic heterocycles. The standard InChI is InChI=1S/C27H38N8O/c1-2-6-24(31-25-19-23(33-34-25)21-10-11-21)32-27(28)30-22-12-7-20(8-13-22)9-14-26(36)29-15-18-35-16-4-3-5-17-35/h2,6-8,12-13,19,21H,3-5,9-11,14-18H2,1H3,(H,29,36)(H4,28,30,31,32,33,34)/b6-2+. The van der Waals surface area contributed by atoms with Gasteiger partial charge in [-0.05, 0) is 75.9 Å². The molecule has 1 amide bonds. The summed E-state index contributed by atoms with van der Waals surface area (Å²) in [7, 11) is 0. The van der Waals surface area contributed by atoms with Gasteiger partial charge in [-0.3, -0.25) is 9.89 Å². The zero-order valence-corrected chi connectivity index (χ0v) is 21.2. The first-order valence-electron chi connectivity index (χ1n) is 13.0. The van der Waals surface area contributed by atoms with E-state index >= 15 is 0 Å². The van der Waals surface area contributed by atoms with Crippen molar-refractivity contribution in [1.29, 1.82) is 0 Å². The van der Waals surface area contributed by atoms with E-state index in [0.29, 0.717) is 30.4 Å². The third-order valence-electron chi connectivity index (χ3n) is 6.45. The molecule has 0 unspecified atom stereocenters. The number of aromatic nitrogens is 2. The fraction of sp³-hybridized carbons (Fsp3) is 0.481. The Labute approximate surface area is 213 Å². The molecule has 0 spiro atoms. The van der Waals surface area contributed by atoms with Crippen LogP contribution in [-0.4, -0.2) is 59.0 Å². The van der Waals surface area contributed by atoms with Crippen LogP contribution in [0.1, 0.15) is 62.6 Å². The first-order valence-corrected chi connectivity index (χ1v) is 13.0. The van der Waals surface area contributed by atoms with E-state index in [1.54, 1.807) is 6.08 Å². The van der Waals surface area contributed by atoms with E-state index in [9.17, 15) is 4.79 Å². The number of piperidine rings is 1. The van der Waals surface area contributed by atoms with Crippen molar-refractivity contribution in [1.82, 2.24) is 20.4 Å². The number of hydrogen-bond acceptors (Lipinski definition) is 4. The number of allylic oxidation sites excluding steroid dienone is 1. The number of anilines is 1. The third kappa shape index (κ3) is 8.34. The van der Waals surface area contributed by atoms with Gasteiger partial charge < -0.3 is 21.3 Å². The lowest BCUT2D eigenvalue weighted by atomic mass is 10.1. The minimum absolute atomic E-state index is 0.0996. The number of nitrogens with two attached hydrogens (primary N) is 1. The van der Waals surface area contributed by atoms with Crippen molar-refractivity contribution in [3.05, 3.63) is 53.7 Å². The number of carbonyl (C=O) groups is 1. The van der Waals surface area contributed by atoms with E-state index in [0.717, 1.165) is 43.1 Å². The Hall–Kier alpha value is -3.46. The van der Waals surface area contributed by atoms with Gasteiger partial charge in [-0.2, -0.15) is 10.1 Å². The molecular weight excluding hydrogens is 452 g/mol. The summed E-state index contributed by atoms with van der Waals surface area (Å²) in [5.74, 6) is 2.00. The Morgan fingerprint density at radius 3 is 2.72 bits per heavy atom. The Morgan fingerprint density at radius 2 is 2.00 bits per heavy atom. The van der Waals surface area contributed by atoms with Gasteiger partial charge in [0.05, 0.1) is 0 Å². The number of nitrogens with zero attached hydrogens (tertiary/aromatic N) is 4. The predicted octanol–water partition coefficient (Wildman–Crippen LogP) is 3.85. The second kappa shape index (κ2) is 13.0. The number of H-pyrrole nitrogens is 1. The fourth-order valence-electron chi connectivity index (χ4n) is 4.29. The van der Waals surface area contributed by atoms with Crippen molar-refractivity contribution in [2.75, 3.05) is 31.5 Å². The Balaban J connectivity index is 1.23. The average molecular weight is 491 g/mol. The molecule has 2 aliphatic rings. The summed E-state index contributed by atoms with van der Waals surface area (Å²) in [6, 6.07) is 9.84. The Morgan fingerprint density at radius 1 is 1.22 bits per heavy atom. The number of aromatic amines is 1. The molecule has 9 nitrogen and oxygen atoms in total. The number of aliphatic imine (C=N–C) groups is 2. The zero-order chi connectivity index (χ0) is 25.2. The van der Waals surface area contributed by atoms with Gasteiger partial charge in [0.2, 0.25) is 5.91 Å². The SMILES string of the molecule is C/C=C/C(=Nc1cc(C2CC2)[nH]n1)N=C(N)Nc1ccc(CCC(=O)NCCN2CCCCC2)cc1. The largest absolute Gasteiger partial charge is 0.369 e. The minimum Gasteiger partial charge on any atom is -0.369 e. The molecule has 9 heteroatoms. The number of amidine groups is 1. The van der Waals surface area contributed by atoms with E-state index in [-0.39, 0.29) is 11.9 Å². The topological polar surface area (TPSA) is 124 Å². The van der Waals surface area contributed by atoms with Gasteiger partial charge in [-0.1, -0.05) is 24.6 Å². The molecule has 5 N–H and O–H groups in total. The number of amides is 1. The maximum absolute atomic E-state index is 12.2. The van der Waals surface area contributed by atoms with Crippen LogP contribution in [0.15, 0.2) is 52.5 Å². The first-order chi connectivity index (χ1) is 17.6. The molecule has 4 rings (SSSR count). The lowest BCUT2D eigenvalue weighted by molar-refractivity contribution is -0.121. The highest BCUT2D eigenvalue weighted by Gasteiger charge is 2.25. The van der Waals surface area contributed by atoms with Crippen molar-refractivity contribution in [2.45, 2.75) is 57.8 Å². The van der Waals surface area contributed by atoms with E-state index in [2.05, 4.69) is 35.7 Å². The lowest BCUT2D eigenvalue weighted by Crippen LogP contribution is -2.37. The van der Waals surface area contributed by atoms with E-state index in [1.165, 1.54) is 32.1 Å². The second-order valence-electron chi connectivity index (χ2n) is 9.50. The van der Waals surface area contributed by atoms with Gasteiger partial charge >= 0.3 is 0 Å². The molecule has 192 valence electrons. The molecule has 2 fully saturated rings. The molecule has 1 saturated carbocycles. The molecule has 1 aromatic carbocycles. The monoisotopic (exact) mass is 490 g/mol. The van der Waals surface area contributed by atoms with E-state index in [1.807, 2.05) is 43.3 Å². The number of nitrogens with one attached hydrogen (secondary N) is 3. The van der Waals surface area contributed by atoms with Gasteiger partial charge in [0.25, 0.3) is 0 Å². The molecule has 2 heterocycles. The maximum Gasteiger partial charge on any atom is 0.220 e. The second-order valence-corrected chi connectivity index (χ2v) is 9.50. The fourth-order valence-corrected chi connectivity index (χ4v) is 4.29. The minimum atomic E-state index is 0.0996. The quantitative estimate of drug-likeness (QED) is 0.297. The highest BCUT2D eigenvalue weighted by Crippen LogP contribution is 2.39. The van der Waals surface area contributed by atoms with Crippen LogP contribution < -0.4 is 16.4 Å². The summed E-state index contributed by atoms with van der Waals surface area (Å²) in [6.45, 7) is 5.88. The van der Waals surface area contributed by atoms with Gasteiger partial charge in [0.1, 0.15) is 0 Å². The highest BCUT2D eigenvalue weighted by atomic mass is 16.1. The van der Waals surface area contributed by atoms with E-state index in [4.69, 9.17) is 5.73 Å². The summed E-state index contributed by atoms with van der Waals surface area (Å²) < 4.78 is 0. The third-order valence-corrected chi connectivity index (χ3v) is 6.45. The maximum atomic E-state index is 12.2. The molecule has 0 bridgehead atoms. The molecule has 36 heavy (non-hydrogen) atoms. The van der Waals surface area contributed by atoms with Gasteiger partial charge in [0.15, 0.2) is 17.6 Å². The van der Waals surface area contributed by atoms with Crippen LogP contribution in [0.25, 0.3) is 0 Å². The normalized spacial score (nSPS) is 17.5. The molecule has 1 aliphatic carbocycles. The molecule has 1 saturated heterocycles. The smallest absolute Gasteiger partial charge is 0.220 e. The van der Waals surface area contributed by atoms with Crippen LogP contribution >= 0.6 is 0 Å². The lowest BCUT2D eigenvalue weighted by Gasteiger charge is -2.26. The van der Waals surface area contributed by atoms with Crippen molar-refractivity contribution < 1.29 is 4.79 Å². The van der Waals surface area contributed by atoms with Crippen LogP contribution in [0, 0.1) is 0 Å². The predicted molar refractivity (Wildman–Crippen MR) is 146 cm³/mol. The molecule has 2 aromatic rings. The van der Waals surface area contributed by atoms with Crippen molar-refractivity contribution in [3.63, 3.8) is 0 Å². The highest BCUT2D eigenvalue weighted by molar-refractivity contribution is 6.06. The number of rotatable bonds is 10. The first kappa shape index (κ1) is 25.6. The number of aryl methyl sites for hydroxylation is 1. The van der Waals surface area contributed by atoms with Crippen molar-refractivity contribution in [3.8, 4) is 0 Å². The van der Waals surface area contributed by atoms with Crippen LogP contribution in [0.4, 0.5) is 11.5 Å². The van der Waals surface area contributed by atoms with E-state index < -0.39 is 0 Å². The molecule has 0 radical (unpaired) electrons. The number of hydrogen-bond donors (Lipinski definition) is 4. The number of benzene rings is 1. The van der Waals surface area contributed by atoms with Crippen LogP contribution in [-0.2, 0) is 11.2 Å². The summed E-state index contributed by atoms with van der Waals surface area (Å²) in [6.07, 6.45) is 11.1. The van der Waals surface area contributed by atoms with Gasteiger partial charge in [-0.15, -0.1) is 0 Å². The van der Waals surface area contributed by atoms with Gasteiger partial charge in [0, 0.05) is 42.9 Å². The molecule has 1 aromatic heterocycles. The number of carbonyl (C=O) groups excluding carboxylic acids is 1. The van der Waals surface area contributed by atoms with Crippen LogP contribution in [0.2, 0.25) is 0 Å². The molecule has 0 atom stereocenters. The number of likely N-dealkylation sites (tertiary alicyclic amines) is 1. The van der Waals surface area contributed by atoms with Crippen LogP contribution in [0.3, 0.4) is 0 Å². The number of guanidine groups is 1. The molecular formula is C27H38N8O. The Bertz CT molecular complexity index is 1080. The zero-order valence-electron chi connectivity index (χ0n) is 21.2. The Kier molecular flexibility index (Phi) is 9.27. The van der Waals surface area contributed by atoms with Crippen molar-refractivity contribution >= 4 is 29.2 Å².